The molecule has 1 rings (SSSR count). The number of carbonyl (C=O) groups is 1. The average Bonchev–Trinajstić information content (AvgIpc) is 2.17. The maximum absolute atomic E-state index is 10.2. The smallest absolute Gasteiger partial charge is 0.304 e. The predicted octanol–water partition coefficient (Wildman–Crippen LogP) is 1.43. The first kappa shape index (κ1) is 6.08. The number of esters is 1. The van der Waals surface area contributed by atoms with Crippen molar-refractivity contribution in [2.75, 3.05) is 0 Å². The number of hydrogen-bond acceptors (Lipinski definition) is 2. The molecule has 46 valence electrons. The average molecular weight is 179 g/mol. The molecule has 0 aromatic carbocycles. The summed E-state index contributed by atoms with van der Waals surface area (Å²) in [5.41, 5.74) is 0. The maximum atomic E-state index is 10.2. The van der Waals surface area contributed by atoms with Crippen LogP contribution in [0.3, 0.4) is 0 Å². The predicted molar refractivity (Wildman–Crippen MR) is 32.7 cm³/mol. The van der Waals surface area contributed by atoms with E-state index in [2.05, 4.69) is 15.9 Å². The monoisotopic (exact) mass is 178 g/mol. The SMILES string of the molecule is CC(=O)OC1(Br)CC1. The molecule has 1 aliphatic rings. The van der Waals surface area contributed by atoms with Crippen molar-refractivity contribution < 1.29 is 9.53 Å². The molecule has 1 saturated carbocycles. The number of halogens is 1. The van der Waals surface area contributed by atoms with E-state index in [4.69, 9.17) is 4.74 Å². The van der Waals surface area contributed by atoms with Crippen LogP contribution < -0.4 is 0 Å². The van der Waals surface area contributed by atoms with Gasteiger partial charge in [0.05, 0.1) is 0 Å². The zero-order valence-corrected chi connectivity index (χ0v) is 6.19. The zero-order valence-electron chi connectivity index (χ0n) is 4.61. The Morgan fingerprint density at radius 1 is 1.75 bits per heavy atom. The lowest BCUT2D eigenvalue weighted by Crippen LogP contribution is -2.08. The Labute approximate surface area is 56.3 Å². The molecule has 0 atom stereocenters. The highest BCUT2D eigenvalue weighted by Gasteiger charge is 2.43. The van der Waals surface area contributed by atoms with E-state index in [1.807, 2.05) is 0 Å². The molecule has 1 aliphatic carbocycles. The highest BCUT2D eigenvalue weighted by molar-refractivity contribution is 9.10. The standard InChI is InChI=1S/C5H7BrO2/c1-4(7)8-5(6)2-3-5/h2-3H2,1H3. The molecule has 0 saturated heterocycles. The summed E-state index contributed by atoms with van der Waals surface area (Å²) in [5, 5.41) is 0. The summed E-state index contributed by atoms with van der Waals surface area (Å²) in [6, 6.07) is 0. The Hall–Kier alpha value is -0.0500. The molecular weight excluding hydrogens is 172 g/mol. The zero-order chi connectivity index (χ0) is 6.20. The Kier molecular flexibility index (Phi) is 1.31. The van der Waals surface area contributed by atoms with Crippen molar-refractivity contribution in [2.45, 2.75) is 24.3 Å². The van der Waals surface area contributed by atoms with E-state index < -0.39 is 0 Å². The highest BCUT2D eigenvalue weighted by Crippen LogP contribution is 2.45. The van der Waals surface area contributed by atoms with Crippen molar-refractivity contribution in [3.63, 3.8) is 0 Å². The molecule has 2 nitrogen and oxygen atoms in total. The van der Waals surface area contributed by atoms with Gasteiger partial charge in [-0.1, -0.05) is 0 Å². The number of ether oxygens (including phenoxy) is 1. The Balaban J connectivity index is 2.29. The minimum Gasteiger partial charge on any atom is -0.448 e. The number of rotatable bonds is 1. The molecule has 1 fully saturated rings. The number of alkyl halides is 1. The fourth-order valence-corrected chi connectivity index (χ4v) is 0.884. The number of hydrogen-bond donors (Lipinski definition) is 0. The summed E-state index contributed by atoms with van der Waals surface area (Å²) in [5.74, 6) is -0.209. The van der Waals surface area contributed by atoms with E-state index in [1.54, 1.807) is 0 Å². The van der Waals surface area contributed by atoms with Crippen LogP contribution in [-0.2, 0) is 9.53 Å². The van der Waals surface area contributed by atoms with Crippen molar-refractivity contribution >= 4 is 21.9 Å². The molecule has 0 amide bonds. The van der Waals surface area contributed by atoms with Gasteiger partial charge >= 0.3 is 5.97 Å². The first-order chi connectivity index (χ1) is 3.62. The van der Waals surface area contributed by atoms with E-state index in [0.29, 0.717) is 0 Å². The summed E-state index contributed by atoms with van der Waals surface area (Å²) in [7, 11) is 0. The quantitative estimate of drug-likeness (QED) is 0.449. The van der Waals surface area contributed by atoms with Crippen molar-refractivity contribution in [3.8, 4) is 0 Å². The van der Waals surface area contributed by atoms with E-state index in [9.17, 15) is 4.79 Å². The molecule has 0 heterocycles. The van der Waals surface area contributed by atoms with Gasteiger partial charge < -0.3 is 4.74 Å². The molecule has 8 heavy (non-hydrogen) atoms. The van der Waals surface area contributed by atoms with Gasteiger partial charge in [-0.3, -0.25) is 4.79 Å². The Morgan fingerprint density at radius 2 is 2.25 bits per heavy atom. The first-order valence-electron chi connectivity index (χ1n) is 2.51. The lowest BCUT2D eigenvalue weighted by atomic mass is 10.7. The molecule has 0 aromatic rings. The van der Waals surface area contributed by atoms with Gasteiger partial charge in [-0.05, 0) is 15.9 Å². The second-order valence-electron chi connectivity index (χ2n) is 1.98. The molecule has 0 unspecified atom stereocenters. The normalized spacial score (nSPS) is 22.2. The molecule has 0 aliphatic heterocycles. The van der Waals surface area contributed by atoms with Gasteiger partial charge in [0.25, 0.3) is 0 Å². The summed E-state index contributed by atoms with van der Waals surface area (Å²) in [6.45, 7) is 1.42. The van der Waals surface area contributed by atoms with Gasteiger partial charge in [-0.15, -0.1) is 0 Å². The van der Waals surface area contributed by atoms with Gasteiger partial charge in [-0.25, -0.2) is 0 Å². The summed E-state index contributed by atoms with van der Waals surface area (Å²) in [6.07, 6.45) is 1.90. The van der Waals surface area contributed by atoms with Crippen LogP contribution in [0.15, 0.2) is 0 Å². The first-order valence-corrected chi connectivity index (χ1v) is 3.30. The minimum atomic E-state index is -0.265. The van der Waals surface area contributed by atoms with Crippen molar-refractivity contribution in [1.82, 2.24) is 0 Å². The molecule has 0 radical (unpaired) electrons. The second kappa shape index (κ2) is 1.72. The lowest BCUT2D eigenvalue weighted by Gasteiger charge is -2.04. The van der Waals surface area contributed by atoms with E-state index in [-0.39, 0.29) is 10.5 Å². The van der Waals surface area contributed by atoms with Crippen LogP contribution in [0, 0.1) is 0 Å². The van der Waals surface area contributed by atoms with Gasteiger partial charge in [-0.2, -0.15) is 0 Å². The van der Waals surface area contributed by atoms with Crippen molar-refractivity contribution in [2.24, 2.45) is 0 Å². The van der Waals surface area contributed by atoms with Crippen LogP contribution in [0.4, 0.5) is 0 Å². The number of carbonyl (C=O) groups excluding carboxylic acids is 1. The maximum Gasteiger partial charge on any atom is 0.304 e. The largest absolute Gasteiger partial charge is 0.448 e. The van der Waals surface area contributed by atoms with Crippen LogP contribution in [0.25, 0.3) is 0 Å². The fourth-order valence-electron chi connectivity index (χ4n) is 0.458. The third-order valence-electron chi connectivity index (χ3n) is 0.970. The molecule has 0 N–H and O–H groups in total. The third kappa shape index (κ3) is 1.47. The molecular formula is C5H7BrO2. The Morgan fingerprint density at radius 3 is 2.38 bits per heavy atom. The van der Waals surface area contributed by atoms with Crippen LogP contribution >= 0.6 is 15.9 Å². The van der Waals surface area contributed by atoms with Crippen LogP contribution in [-0.4, -0.2) is 10.5 Å². The van der Waals surface area contributed by atoms with Gasteiger partial charge in [0.1, 0.15) is 0 Å². The molecule has 0 bridgehead atoms. The van der Waals surface area contributed by atoms with E-state index in [0.717, 1.165) is 12.8 Å². The minimum absolute atomic E-state index is 0.209. The van der Waals surface area contributed by atoms with E-state index in [1.165, 1.54) is 6.92 Å². The van der Waals surface area contributed by atoms with Crippen LogP contribution in [0.2, 0.25) is 0 Å². The topological polar surface area (TPSA) is 26.3 Å². The van der Waals surface area contributed by atoms with Gasteiger partial charge in [0.15, 0.2) is 4.51 Å². The Bertz CT molecular complexity index is 118. The lowest BCUT2D eigenvalue weighted by molar-refractivity contribution is -0.143. The van der Waals surface area contributed by atoms with Crippen LogP contribution in [0.5, 0.6) is 0 Å². The second-order valence-corrected chi connectivity index (χ2v) is 3.42. The van der Waals surface area contributed by atoms with Crippen molar-refractivity contribution in [3.05, 3.63) is 0 Å². The molecule has 0 spiro atoms. The van der Waals surface area contributed by atoms with Crippen LogP contribution in [0.1, 0.15) is 19.8 Å². The van der Waals surface area contributed by atoms with Crippen molar-refractivity contribution in [1.29, 1.82) is 0 Å². The third-order valence-corrected chi connectivity index (χ3v) is 1.92. The summed E-state index contributed by atoms with van der Waals surface area (Å²) in [4.78, 5) is 10.2. The van der Waals surface area contributed by atoms with Gasteiger partial charge in [0, 0.05) is 19.8 Å². The fraction of sp³-hybridized carbons (Fsp3) is 0.800. The van der Waals surface area contributed by atoms with Gasteiger partial charge in [0.2, 0.25) is 0 Å². The summed E-state index contributed by atoms with van der Waals surface area (Å²) < 4.78 is 4.56. The highest BCUT2D eigenvalue weighted by atomic mass is 79.9. The van der Waals surface area contributed by atoms with E-state index >= 15 is 0 Å². The molecule has 0 aromatic heterocycles. The summed E-state index contributed by atoms with van der Waals surface area (Å²) >= 11 is 3.25. The molecule has 3 heteroatoms.